The Bertz CT molecular complexity index is 430. The molecule has 1 aromatic rings. The van der Waals surface area contributed by atoms with Gasteiger partial charge in [-0.2, -0.15) is 0 Å². The van der Waals surface area contributed by atoms with E-state index in [0.717, 1.165) is 35.9 Å². The van der Waals surface area contributed by atoms with Crippen LogP contribution in [0.3, 0.4) is 0 Å². The fourth-order valence-electron chi connectivity index (χ4n) is 3.02. The van der Waals surface area contributed by atoms with Crippen molar-refractivity contribution >= 4 is 11.6 Å². The highest BCUT2D eigenvalue weighted by Gasteiger charge is 2.47. The van der Waals surface area contributed by atoms with Gasteiger partial charge >= 0.3 is 0 Å². The number of ether oxygens (including phenoxy) is 1. The second kappa shape index (κ2) is 4.73. The third-order valence-electron chi connectivity index (χ3n) is 4.15. The minimum atomic E-state index is 0.196. The van der Waals surface area contributed by atoms with Crippen LogP contribution >= 0.6 is 0 Å². The summed E-state index contributed by atoms with van der Waals surface area (Å²) in [4.78, 5) is 12.1. The average Bonchev–Trinajstić information content (AvgIpc) is 2.99. The summed E-state index contributed by atoms with van der Waals surface area (Å²) in [6.07, 6.45) is 3.55. The van der Waals surface area contributed by atoms with Gasteiger partial charge in [0.15, 0.2) is 0 Å². The Kier molecular flexibility index (Phi) is 3.08. The molecule has 3 heteroatoms. The first-order chi connectivity index (χ1) is 8.76. The van der Waals surface area contributed by atoms with E-state index in [1.54, 1.807) is 7.11 Å². The summed E-state index contributed by atoms with van der Waals surface area (Å²) in [5.74, 6) is 2.14. The van der Waals surface area contributed by atoms with E-state index in [0.29, 0.717) is 6.61 Å². The largest absolute Gasteiger partial charge is 0.380 e. The summed E-state index contributed by atoms with van der Waals surface area (Å²) >= 11 is 0. The van der Waals surface area contributed by atoms with E-state index in [1.807, 2.05) is 24.3 Å². The monoisotopic (exact) mass is 245 g/mol. The van der Waals surface area contributed by atoms with Gasteiger partial charge < -0.3 is 10.1 Å². The summed E-state index contributed by atoms with van der Waals surface area (Å²) in [6.45, 7) is 0.611. The van der Waals surface area contributed by atoms with Crippen molar-refractivity contribution in [1.29, 1.82) is 0 Å². The molecule has 0 aliphatic heterocycles. The van der Waals surface area contributed by atoms with E-state index in [2.05, 4.69) is 5.32 Å². The van der Waals surface area contributed by atoms with Gasteiger partial charge in [-0.05, 0) is 48.8 Å². The summed E-state index contributed by atoms with van der Waals surface area (Å²) in [7, 11) is 1.68. The van der Waals surface area contributed by atoms with Crippen molar-refractivity contribution in [1.82, 2.24) is 0 Å². The van der Waals surface area contributed by atoms with Crippen molar-refractivity contribution in [2.24, 2.45) is 17.8 Å². The highest BCUT2D eigenvalue weighted by Crippen LogP contribution is 2.54. The second-order valence-electron chi connectivity index (χ2n) is 5.54. The molecule has 0 spiro atoms. The lowest BCUT2D eigenvalue weighted by Crippen LogP contribution is -2.21. The lowest BCUT2D eigenvalue weighted by molar-refractivity contribution is -0.120. The zero-order valence-electron chi connectivity index (χ0n) is 10.7. The predicted molar refractivity (Wildman–Crippen MR) is 70.1 cm³/mol. The molecule has 1 N–H and O–H groups in total. The van der Waals surface area contributed by atoms with Crippen molar-refractivity contribution in [2.75, 3.05) is 12.4 Å². The SMILES string of the molecule is COCc1ccc(NC(=O)C2CC3CC3C2)cc1. The Labute approximate surface area is 108 Å². The van der Waals surface area contributed by atoms with Gasteiger partial charge in [0, 0.05) is 18.7 Å². The Balaban J connectivity index is 1.56. The normalized spacial score (nSPS) is 28.8. The smallest absolute Gasteiger partial charge is 0.227 e. The lowest BCUT2D eigenvalue weighted by Gasteiger charge is -2.12. The maximum atomic E-state index is 12.1. The third kappa shape index (κ3) is 2.41. The number of benzene rings is 1. The highest BCUT2D eigenvalue weighted by molar-refractivity contribution is 5.92. The van der Waals surface area contributed by atoms with E-state index in [-0.39, 0.29) is 11.8 Å². The summed E-state index contributed by atoms with van der Waals surface area (Å²) in [5, 5.41) is 3.01. The molecule has 3 nitrogen and oxygen atoms in total. The van der Waals surface area contributed by atoms with Crippen LogP contribution in [0.2, 0.25) is 0 Å². The van der Waals surface area contributed by atoms with Crippen LogP contribution in [0.15, 0.2) is 24.3 Å². The minimum Gasteiger partial charge on any atom is -0.380 e. The number of carbonyl (C=O) groups is 1. The Morgan fingerprint density at radius 2 is 1.89 bits per heavy atom. The molecular weight excluding hydrogens is 226 g/mol. The first-order valence-electron chi connectivity index (χ1n) is 6.65. The average molecular weight is 245 g/mol. The first-order valence-corrected chi connectivity index (χ1v) is 6.65. The van der Waals surface area contributed by atoms with E-state index < -0.39 is 0 Å². The van der Waals surface area contributed by atoms with Gasteiger partial charge in [-0.15, -0.1) is 0 Å². The van der Waals surface area contributed by atoms with Crippen molar-refractivity contribution in [3.8, 4) is 0 Å². The predicted octanol–water partition coefficient (Wildman–Crippen LogP) is 2.82. The van der Waals surface area contributed by atoms with E-state index in [4.69, 9.17) is 4.74 Å². The minimum absolute atomic E-state index is 0.196. The molecule has 2 unspecified atom stereocenters. The van der Waals surface area contributed by atoms with Gasteiger partial charge in [-0.1, -0.05) is 12.1 Å². The molecular formula is C15H19NO2. The number of amides is 1. The maximum absolute atomic E-state index is 12.1. The van der Waals surface area contributed by atoms with Crippen molar-refractivity contribution in [3.05, 3.63) is 29.8 Å². The van der Waals surface area contributed by atoms with Crippen molar-refractivity contribution in [3.63, 3.8) is 0 Å². The number of rotatable bonds is 4. The van der Waals surface area contributed by atoms with Crippen LogP contribution in [0.4, 0.5) is 5.69 Å². The van der Waals surface area contributed by atoms with Crippen molar-refractivity contribution in [2.45, 2.75) is 25.9 Å². The topological polar surface area (TPSA) is 38.3 Å². The summed E-state index contributed by atoms with van der Waals surface area (Å²) < 4.78 is 5.06. The Morgan fingerprint density at radius 3 is 2.50 bits per heavy atom. The molecule has 0 aromatic heterocycles. The lowest BCUT2D eigenvalue weighted by atomic mass is 10.0. The van der Waals surface area contributed by atoms with E-state index >= 15 is 0 Å². The molecule has 18 heavy (non-hydrogen) atoms. The molecule has 0 heterocycles. The molecule has 2 atom stereocenters. The maximum Gasteiger partial charge on any atom is 0.227 e. The highest BCUT2D eigenvalue weighted by atomic mass is 16.5. The quantitative estimate of drug-likeness (QED) is 0.885. The summed E-state index contributed by atoms with van der Waals surface area (Å²) in [5.41, 5.74) is 2.01. The van der Waals surface area contributed by atoms with Gasteiger partial charge in [0.1, 0.15) is 0 Å². The fourth-order valence-corrected chi connectivity index (χ4v) is 3.02. The summed E-state index contributed by atoms with van der Waals surface area (Å²) in [6, 6.07) is 7.88. The number of anilines is 1. The van der Waals surface area contributed by atoms with Crippen LogP contribution in [0.25, 0.3) is 0 Å². The van der Waals surface area contributed by atoms with E-state index in [9.17, 15) is 4.79 Å². The van der Waals surface area contributed by atoms with Crippen molar-refractivity contribution < 1.29 is 9.53 Å². The van der Waals surface area contributed by atoms with Gasteiger partial charge in [-0.3, -0.25) is 4.79 Å². The molecule has 2 fully saturated rings. The standard InChI is InChI=1S/C15H19NO2/c1-18-9-10-2-4-14(5-3-10)16-15(17)13-7-11-6-12(11)8-13/h2-5,11-13H,6-9H2,1H3,(H,16,17). The number of nitrogens with one attached hydrogen (secondary N) is 1. The molecule has 3 rings (SSSR count). The Hall–Kier alpha value is -1.35. The van der Waals surface area contributed by atoms with Crippen LogP contribution in [-0.2, 0) is 16.1 Å². The van der Waals surface area contributed by atoms with Crippen LogP contribution in [-0.4, -0.2) is 13.0 Å². The number of methoxy groups -OCH3 is 1. The van der Waals surface area contributed by atoms with Gasteiger partial charge in [0.25, 0.3) is 0 Å². The second-order valence-corrected chi connectivity index (χ2v) is 5.54. The van der Waals surface area contributed by atoms with Crippen LogP contribution < -0.4 is 5.32 Å². The van der Waals surface area contributed by atoms with Gasteiger partial charge in [0.2, 0.25) is 5.91 Å². The molecule has 96 valence electrons. The molecule has 2 saturated carbocycles. The Morgan fingerprint density at radius 1 is 1.22 bits per heavy atom. The molecule has 1 amide bonds. The number of hydrogen-bond acceptors (Lipinski definition) is 2. The zero-order chi connectivity index (χ0) is 12.5. The fraction of sp³-hybridized carbons (Fsp3) is 0.533. The molecule has 0 radical (unpaired) electrons. The number of fused-ring (bicyclic) bond motifs is 1. The van der Waals surface area contributed by atoms with Gasteiger partial charge in [0.05, 0.1) is 6.61 Å². The molecule has 0 saturated heterocycles. The molecule has 2 aliphatic carbocycles. The number of carbonyl (C=O) groups excluding carboxylic acids is 1. The third-order valence-corrected chi connectivity index (χ3v) is 4.15. The van der Waals surface area contributed by atoms with E-state index in [1.165, 1.54) is 6.42 Å². The van der Waals surface area contributed by atoms with Gasteiger partial charge in [-0.25, -0.2) is 0 Å². The van der Waals surface area contributed by atoms with Crippen LogP contribution in [0.5, 0.6) is 0 Å². The molecule has 1 aromatic carbocycles. The zero-order valence-corrected chi connectivity index (χ0v) is 10.7. The first kappa shape index (κ1) is 11.7. The van der Waals surface area contributed by atoms with Crippen LogP contribution in [0.1, 0.15) is 24.8 Å². The number of hydrogen-bond donors (Lipinski definition) is 1. The molecule has 0 bridgehead atoms. The van der Waals surface area contributed by atoms with Crippen LogP contribution in [0, 0.1) is 17.8 Å². The molecule has 2 aliphatic rings.